The number of carboxylic acid groups (broad SMARTS) is 1. The first-order chi connectivity index (χ1) is 3.42. The molecular formula is C5H14CaO4. The minimum atomic E-state index is -1.08. The summed E-state index contributed by atoms with van der Waals surface area (Å²) in [4.78, 5) is 9.85. The van der Waals surface area contributed by atoms with Crippen LogP contribution in [0.15, 0.2) is 0 Å². The second-order valence-electron chi connectivity index (χ2n) is 2.38. The summed E-state index contributed by atoms with van der Waals surface area (Å²) in [6.07, 6.45) is -0.201. The summed E-state index contributed by atoms with van der Waals surface area (Å²) in [5.41, 5.74) is -1.08. The fourth-order valence-electron chi connectivity index (χ4n) is 0.370. The van der Waals surface area contributed by atoms with Gasteiger partial charge in [-0.05, 0) is 13.8 Å². The molecule has 4 nitrogen and oxygen atoms in total. The van der Waals surface area contributed by atoms with Crippen LogP contribution in [-0.4, -0.2) is 65.0 Å². The molecule has 0 heterocycles. The third-order valence-corrected chi connectivity index (χ3v) is 0.584. The van der Waals surface area contributed by atoms with E-state index in [9.17, 15) is 4.79 Å². The molecule has 4 N–H and O–H groups in total. The monoisotopic (exact) mass is 178 g/mol. The quantitative estimate of drug-likeness (QED) is 0.545. The SMILES string of the molecule is CC(C)(O)CC(=O)O.O.[Ca+2].[H-].[H-]. The molecule has 10 heavy (non-hydrogen) atoms. The number of carbonyl (C=O) groups is 1. The van der Waals surface area contributed by atoms with Crippen LogP contribution in [0.2, 0.25) is 0 Å². The normalized spacial score (nSPS) is 9.10. The molecule has 0 aromatic carbocycles. The zero-order valence-electron chi connectivity index (χ0n) is 8.22. The molecule has 0 fully saturated rings. The van der Waals surface area contributed by atoms with Crippen LogP contribution in [0.3, 0.4) is 0 Å². The molecule has 0 rings (SSSR count). The average molecular weight is 178 g/mol. The van der Waals surface area contributed by atoms with Gasteiger partial charge in [0, 0.05) is 0 Å². The van der Waals surface area contributed by atoms with Gasteiger partial charge < -0.3 is 18.5 Å². The van der Waals surface area contributed by atoms with Crippen LogP contribution in [-0.2, 0) is 4.79 Å². The molecule has 0 atom stereocenters. The molecule has 0 saturated heterocycles. The zero-order chi connectivity index (χ0) is 6.78. The van der Waals surface area contributed by atoms with Gasteiger partial charge in [0.25, 0.3) is 0 Å². The van der Waals surface area contributed by atoms with Crippen LogP contribution in [0, 0.1) is 0 Å². The van der Waals surface area contributed by atoms with Gasteiger partial charge in [-0.1, -0.05) is 0 Å². The van der Waals surface area contributed by atoms with Crippen molar-refractivity contribution < 1.29 is 23.3 Å². The van der Waals surface area contributed by atoms with Crippen molar-refractivity contribution in [2.24, 2.45) is 0 Å². The first-order valence-electron chi connectivity index (χ1n) is 2.36. The number of hydrogen-bond donors (Lipinski definition) is 2. The second kappa shape index (κ2) is 6.37. The van der Waals surface area contributed by atoms with Gasteiger partial charge in [0.1, 0.15) is 0 Å². The maximum absolute atomic E-state index is 9.85. The Morgan fingerprint density at radius 2 is 1.90 bits per heavy atom. The number of aliphatic carboxylic acids is 1. The van der Waals surface area contributed by atoms with Crippen molar-refractivity contribution in [2.45, 2.75) is 25.9 Å². The molecule has 0 saturated carbocycles. The van der Waals surface area contributed by atoms with Crippen molar-refractivity contribution in [3.05, 3.63) is 0 Å². The summed E-state index contributed by atoms with van der Waals surface area (Å²) in [7, 11) is 0. The summed E-state index contributed by atoms with van der Waals surface area (Å²) in [5, 5.41) is 16.9. The first kappa shape index (κ1) is 16.9. The Bertz CT molecular complexity index is 104. The Morgan fingerprint density at radius 3 is 1.90 bits per heavy atom. The number of hydrogen-bond acceptors (Lipinski definition) is 2. The van der Waals surface area contributed by atoms with Crippen molar-refractivity contribution >= 4 is 43.7 Å². The molecule has 0 aromatic rings. The van der Waals surface area contributed by atoms with Gasteiger partial charge in [-0.2, -0.15) is 0 Å². The van der Waals surface area contributed by atoms with E-state index < -0.39 is 11.6 Å². The fraction of sp³-hybridized carbons (Fsp3) is 0.800. The van der Waals surface area contributed by atoms with Crippen LogP contribution in [0.25, 0.3) is 0 Å². The molecular weight excluding hydrogens is 164 g/mol. The summed E-state index contributed by atoms with van der Waals surface area (Å²) >= 11 is 0. The number of aliphatic hydroxyl groups is 1. The van der Waals surface area contributed by atoms with E-state index in [2.05, 4.69) is 0 Å². The largest absolute Gasteiger partial charge is 2.00 e. The van der Waals surface area contributed by atoms with Gasteiger partial charge in [0.15, 0.2) is 0 Å². The Labute approximate surface area is 92.5 Å². The van der Waals surface area contributed by atoms with Crippen molar-refractivity contribution in [1.82, 2.24) is 0 Å². The van der Waals surface area contributed by atoms with E-state index in [4.69, 9.17) is 10.2 Å². The van der Waals surface area contributed by atoms with Crippen molar-refractivity contribution in [3.63, 3.8) is 0 Å². The van der Waals surface area contributed by atoms with Gasteiger partial charge in [-0.25, -0.2) is 0 Å². The molecule has 0 aromatic heterocycles. The zero-order valence-corrected chi connectivity index (χ0v) is 8.43. The fourth-order valence-corrected chi connectivity index (χ4v) is 0.370. The van der Waals surface area contributed by atoms with Crippen LogP contribution in [0.5, 0.6) is 0 Å². The van der Waals surface area contributed by atoms with E-state index in [1.807, 2.05) is 0 Å². The predicted octanol–water partition coefficient (Wildman–Crippen LogP) is -0.749. The van der Waals surface area contributed by atoms with Gasteiger partial charge in [-0.3, -0.25) is 4.79 Å². The van der Waals surface area contributed by atoms with Crippen molar-refractivity contribution in [2.75, 3.05) is 0 Å². The average Bonchev–Trinajstić information content (AvgIpc) is 1.21. The molecule has 0 amide bonds. The Morgan fingerprint density at radius 1 is 1.60 bits per heavy atom. The van der Waals surface area contributed by atoms with Crippen LogP contribution < -0.4 is 0 Å². The van der Waals surface area contributed by atoms with E-state index >= 15 is 0 Å². The molecule has 0 unspecified atom stereocenters. The number of carboxylic acids is 1. The number of rotatable bonds is 2. The molecule has 0 aliphatic carbocycles. The van der Waals surface area contributed by atoms with Gasteiger partial charge >= 0.3 is 43.7 Å². The van der Waals surface area contributed by atoms with E-state index in [0.717, 1.165) is 0 Å². The summed E-state index contributed by atoms with van der Waals surface area (Å²) in [6, 6.07) is 0. The molecule has 0 spiro atoms. The third kappa shape index (κ3) is 15.9. The topological polar surface area (TPSA) is 89.0 Å². The minimum Gasteiger partial charge on any atom is -1.00 e. The minimum absolute atomic E-state index is 0. The summed E-state index contributed by atoms with van der Waals surface area (Å²) in [6.45, 7) is 2.92. The molecule has 0 aliphatic rings. The van der Waals surface area contributed by atoms with Crippen LogP contribution >= 0.6 is 0 Å². The maximum atomic E-state index is 9.85. The molecule has 5 heteroatoms. The van der Waals surface area contributed by atoms with Gasteiger partial charge in [0.05, 0.1) is 12.0 Å². The maximum Gasteiger partial charge on any atom is 2.00 e. The van der Waals surface area contributed by atoms with Crippen molar-refractivity contribution in [1.29, 1.82) is 0 Å². The van der Waals surface area contributed by atoms with E-state index in [-0.39, 0.29) is 52.5 Å². The van der Waals surface area contributed by atoms with E-state index in [0.29, 0.717) is 0 Å². The van der Waals surface area contributed by atoms with Crippen LogP contribution in [0.4, 0.5) is 0 Å². The van der Waals surface area contributed by atoms with E-state index in [1.165, 1.54) is 13.8 Å². The van der Waals surface area contributed by atoms with Crippen LogP contribution in [0.1, 0.15) is 23.1 Å². The summed E-state index contributed by atoms with van der Waals surface area (Å²) < 4.78 is 0. The molecule has 0 radical (unpaired) electrons. The first-order valence-corrected chi connectivity index (χ1v) is 2.36. The standard InChI is InChI=1S/C5H10O3.Ca.H2O.2H/c1-5(2,8)3-4(6)7;;;;/h8H,3H2,1-2H3,(H,6,7);;1H2;;/q;+2;;2*-1. The second-order valence-corrected chi connectivity index (χ2v) is 2.38. The molecule has 60 valence electrons. The summed E-state index contributed by atoms with van der Waals surface area (Å²) in [5.74, 6) is -0.975. The van der Waals surface area contributed by atoms with E-state index in [1.54, 1.807) is 0 Å². The Hall–Kier alpha value is 0.650. The Kier molecular flexibility index (Phi) is 10.8. The predicted molar refractivity (Wildman–Crippen MR) is 40.1 cm³/mol. The van der Waals surface area contributed by atoms with Crippen molar-refractivity contribution in [3.8, 4) is 0 Å². The third-order valence-electron chi connectivity index (χ3n) is 0.584. The Balaban J connectivity index is -0.0000000408. The van der Waals surface area contributed by atoms with Gasteiger partial charge in [0.2, 0.25) is 0 Å². The van der Waals surface area contributed by atoms with Gasteiger partial charge in [-0.15, -0.1) is 0 Å². The molecule has 0 bridgehead atoms. The smallest absolute Gasteiger partial charge is 1.00 e. The molecule has 0 aliphatic heterocycles.